The Morgan fingerprint density at radius 2 is 1.67 bits per heavy atom. The Morgan fingerprint density at radius 1 is 1.05 bits per heavy atom. The number of ketones is 2. The van der Waals surface area contributed by atoms with Crippen LogP contribution in [0.15, 0.2) is 29.8 Å². The first kappa shape index (κ1) is 29.4. The average Bonchev–Trinajstić information content (AvgIpc) is 2.93. The maximum Gasteiger partial charge on any atom is 0.230 e. The molecule has 5 rings (SSSR count). The van der Waals surface area contributed by atoms with E-state index in [1.807, 2.05) is 0 Å². The molecule has 0 aromatic heterocycles. The van der Waals surface area contributed by atoms with Crippen molar-refractivity contribution in [1.29, 1.82) is 0 Å². The van der Waals surface area contributed by atoms with Crippen LogP contribution in [-0.2, 0) is 20.8 Å². The van der Waals surface area contributed by atoms with Crippen molar-refractivity contribution in [2.75, 3.05) is 35.4 Å². The number of rotatable bonds is 6. The average molecular weight is 583 g/mol. The summed E-state index contributed by atoms with van der Waals surface area (Å²) in [6.45, 7) is 0. The monoisotopic (exact) mass is 582 g/mol. The Morgan fingerprint density at radius 3 is 2.19 bits per heavy atom. The van der Waals surface area contributed by atoms with Gasteiger partial charge in [-0.15, -0.1) is 0 Å². The minimum absolute atomic E-state index is 0.0122. The quantitative estimate of drug-likeness (QED) is 0.303. The van der Waals surface area contributed by atoms with Crippen molar-refractivity contribution in [3.63, 3.8) is 0 Å². The van der Waals surface area contributed by atoms with Crippen LogP contribution in [0.3, 0.4) is 0 Å². The topological polar surface area (TPSA) is 189 Å². The zero-order valence-electron chi connectivity index (χ0n) is 23.9. The lowest BCUT2D eigenvalue weighted by molar-refractivity contribution is -0.184. The summed E-state index contributed by atoms with van der Waals surface area (Å²) in [7, 11) is 7.64. The van der Waals surface area contributed by atoms with Crippen LogP contribution in [0.4, 0.5) is 0 Å². The first-order valence-electron chi connectivity index (χ1n) is 13.4. The maximum atomic E-state index is 14.0. The fourth-order valence-electron chi connectivity index (χ4n) is 7.11. The number of hydrogen-bond acceptors (Lipinski definition) is 11. The molecule has 2 unspecified atom stereocenters. The number of ether oxygens (including phenoxy) is 3. The van der Waals surface area contributed by atoms with E-state index in [0.717, 1.165) is 0 Å². The van der Waals surface area contributed by atoms with Gasteiger partial charge >= 0.3 is 0 Å². The molecule has 1 amide bonds. The number of Topliss-reactive ketones (excluding diaryl/α,β-unsaturated/α-hetero) is 2. The van der Waals surface area contributed by atoms with Gasteiger partial charge < -0.3 is 45.3 Å². The Bertz CT molecular complexity index is 1510. The van der Waals surface area contributed by atoms with Crippen LogP contribution in [0.25, 0.3) is 16.9 Å². The Hall–Kier alpha value is -4.13. The second-order valence-electron chi connectivity index (χ2n) is 11.2. The molecule has 12 nitrogen and oxygen atoms in total. The summed E-state index contributed by atoms with van der Waals surface area (Å²) in [5.74, 6) is -6.78. The van der Waals surface area contributed by atoms with Gasteiger partial charge in [0.25, 0.3) is 0 Å². The van der Waals surface area contributed by atoms with Crippen LogP contribution in [0, 0.1) is 17.8 Å². The predicted molar refractivity (Wildman–Crippen MR) is 149 cm³/mol. The summed E-state index contributed by atoms with van der Waals surface area (Å²) < 4.78 is 16.4. The number of fused-ring (bicyclic) bond motifs is 3. The number of amides is 1. The standard InChI is InChI=1S/C30H34N2O10/c1-32(2)23-16-9-13-8-15-14(12-10-18(40-3)26(42-5)19(11-12)41-4)6-7-17(33)21(15)24(34)20(13)27(36)30(16,39)28(37)22(25(23)35)29(31)38/h6-7,10-11,13,16,22-23,25,33-35,39H,8-9H2,1-5H3,(H2,31,38)/t13-,16-,22?,23-,25?,30-/m1/s1. The molecule has 0 spiro atoms. The smallest absolute Gasteiger partial charge is 0.230 e. The van der Waals surface area contributed by atoms with E-state index in [1.165, 1.54) is 27.4 Å². The van der Waals surface area contributed by atoms with Gasteiger partial charge in [-0.25, -0.2) is 0 Å². The number of likely N-dealkylation sites (N-methyl/N-ethyl adjacent to an activating group) is 1. The third-order valence-electron chi connectivity index (χ3n) is 8.95. The number of carbonyl (C=O) groups excluding carboxylic acids is 3. The second-order valence-corrected chi connectivity index (χ2v) is 11.2. The van der Waals surface area contributed by atoms with E-state index < -0.39 is 58.7 Å². The summed E-state index contributed by atoms with van der Waals surface area (Å²) in [5.41, 5.74) is 4.24. The summed E-state index contributed by atoms with van der Waals surface area (Å²) >= 11 is 0. The van der Waals surface area contributed by atoms with Gasteiger partial charge in [-0.05, 0) is 67.7 Å². The zero-order valence-corrected chi connectivity index (χ0v) is 23.9. The normalized spacial score (nSPS) is 28.6. The number of phenolic OH excluding ortho intramolecular Hbond substituents is 1. The molecule has 2 fully saturated rings. The number of carbonyl (C=O) groups is 3. The Labute approximate surface area is 241 Å². The van der Waals surface area contributed by atoms with Crippen molar-refractivity contribution in [3.8, 4) is 34.1 Å². The van der Waals surface area contributed by atoms with Crippen LogP contribution in [0.2, 0.25) is 0 Å². The number of nitrogens with zero attached hydrogens (tertiary/aromatic N) is 1. The number of primary amides is 1. The highest BCUT2D eigenvalue weighted by molar-refractivity contribution is 6.25. The molecule has 2 saturated carbocycles. The van der Waals surface area contributed by atoms with Crippen molar-refractivity contribution >= 4 is 23.2 Å². The summed E-state index contributed by atoms with van der Waals surface area (Å²) in [5, 5.41) is 45.2. The molecule has 0 radical (unpaired) electrons. The number of hydrogen-bond donors (Lipinski definition) is 5. The number of aliphatic hydroxyl groups excluding tert-OH is 2. The highest BCUT2D eigenvalue weighted by atomic mass is 16.5. The molecule has 6 atom stereocenters. The van der Waals surface area contributed by atoms with Crippen molar-refractivity contribution in [3.05, 3.63) is 41.0 Å². The number of methoxy groups -OCH3 is 3. The van der Waals surface area contributed by atoms with E-state index in [2.05, 4.69) is 0 Å². The van der Waals surface area contributed by atoms with E-state index in [4.69, 9.17) is 19.9 Å². The molecule has 2 aromatic carbocycles. The van der Waals surface area contributed by atoms with Crippen molar-refractivity contribution < 1.29 is 49.0 Å². The van der Waals surface area contributed by atoms with Gasteiger partial charge in [0.2, 0.25) is 17.4 Å². The van der Waals surface area contributed by atoms with Crippen molar-refractivity contribution in [2.24, 2.45) is 23.5 Å². The molecular weight excluding hydrogens is 548 g/mol. The van der Waals surface area contributed by atoms with Crippen LogP contribution in [0.1, 0.15) is 17.5 Å². The third kappa shape index (κ3) is 3.97. The van der Waals surface area contributed by atoms with Crippen molar-refractivity contribution in [1.82, 2.24) is 4.90 Å². The minimum Gasteiger partial charge on any atom is -0.507 e. The molecule has 3 aliphatic carbocycles. The van der Waals surface area contributed by atoms with Gasteiger partial charge in [0, 0.05) is 17.5 Å². The molecule has 42 heavy (non-hydrogen) atoms. The summed E-state index contributed by atoms with van der Waals surface area (Å²) in [6, 6.07) is 5.50. The zero-order chi connectivity index (χ0) is 30.8. The molecule has 224 valence electrons. The number of aliphatic hydroxyl groups is 3. The van der Waals surface area contributed by atoms with Gasteiger partial charge in [-0.2, -0.15) is 0 Å². The maximum absolute atomic E-state index is 14.0. The SMILES string of the molecule is COc1cc(-c2ccc(O)c3c2C[C@@H]2C[C@@H]4[C@@H](N(C)C)C(O)C(C(N)=O)C(=O)[C@]4(O)C(=O)C2=C3O)cc(OC)c1OC. The van der Waals surface area contributed by atoms with E-state index in [1.54, 1.807) is 37.2 Å². The lowest BCUT2D eigenvalue weighted by atomic mass is 9.54. The summed E-state index contributed by atoms with van der Waals surface area (Å²) in [6.07, 6.45) is -1.39. The first-order chi connectivity index (χ1) is 19.8. The highest BCUT2D eigenvalue weighted by Crippen LogP contribution is 2.54. The minimum atomic E-state index is -2.71. The number of phenols is 1. The summed E-state index contributed by atoms with van der Waals surface area (Å²) in [4.78, 5) is 41.3. The Kier molecular flexibility index (Phi) is 7.20. The number of benzene rings is 2. The third-order valence-corrected chi connectivity index (χ3v) is 8.95. The molecule has 0 aliphatic heterocycles. The predicted octanol–water partition coefficient (Wildman–Crippen LogP) is 0.822. The molecule has 3 aliphatic rings. The lowest BCUT2D eigenvalue weighted by Crippen LogP contribution is -2.73. The van der Waals surface area contributed by atoms with E-state index in [0.29, 0.717) is 33.9 Å². The molecule has 0 heterocycles. The van der Waals surface area contributed by atoms with Gasteiger partial charge in [-0.1, -0.05) is 6.07 Å². The molecule has 12 heteroatoms. The van der Waals surface area contributed by atoms with Gasteiger partial charge in [0.1, 0.15) is 17.4 Å². The molecule has 0 bridgehead atoms. The first-order valence-corrected chi connectivity index (χ1v) is 13.4. The van der Waals surface area contributed by atoms with Crippen LogP contribution in [-0.4, -0.2) is 96.0 Å². The number of nitrogens with two attached hydrogens (primary N) is 1. The molecule has 0 saturated heterocycles. The highest BCUT2D eigenvalue weighted by Gasteiger charge is 2.67. The number of aromatic hydroxyl groups is 1. The molecular formula is C30H34N2O10. The van der Waals surface area contributed by atoms with E-state index in [9.17, 15) is 34.8 Å². The van der Waals surface area contributed by atoms with Crippen LogP contribution in [0.5, 0.6) is 23.0 Å². The van der Waals surface area contributed by atoms with Crippen LogP contribution >= 0.6 is 0 Å². The van der Waals surface area contributed by atoms with Gasteiger partial charge in [0.15, 0.2) is 22.9 Å². The lowest BCUT2D eigenvalue weighted by Gasteiger charge is -2.53. The molecule has 2 aromatic rings. The Balaban J connectivity index is 1.71. The second kappa shape index (κ2) is 10.3. The molecule has 6 N–H and O–H groups in total. The van der Waals surface area contributed by atoms with Crippen LogP contribution < -0.4 is 19.9 Å². The van der Waals surface area contributed by atoms with Gasteiger partial charge in [0.05, 0.1) is 33.0 Å². The largest absolute Gasteiger partial charge is 0.507 e. The van der Waals surface area contributed by atoms with Crippen molar-refractivity contribution in [2.45, 2.75) is 30.6 Å². The van der Waals surface area contributed by atoms with Gasteiger partial charge in [-0.3, -0.25) is 14.4 Å². The fraction of sp³-hybridized carbons (Fsp3) is 0.433. The van der Waals surface area contributed by atoms with E-state index in [-0.39, 0.29) is 29.7 Å². The van der Waals surface area contributed by atoms with E-state index >= 15 is 0 Å². The fourth-order valence-corrected chi connectivity index (χ4v) is 7.11.